The minimum Gasteiger partial charge on any atom is -0.385 e. The van der Waals surface area contributed by atoms with E-state index in [9.17, 15) is 4.79 Å². The van der Waals surface area contributed by atoms with Crippen LogP contribution in [0.25, 0.3) is 0 Å². The molecule has 1 heterocycles. The van der Waals surface area contributed by atoms with Crippen molar-refractivity contribution < 1.29 is 9.53 Å². The molecule has 7 nitrogen and oxygen atoms in total. The van der Waals surface area contributed by atoms with Gasteiger partial charge < -0.3 is 15.0 Å². The van der Waals surface area contributed by atoms with Crippen molar-refractivity contribution in [3.05, 3.63) is 0 Å². The van der Waals surface area contributed by atoms with Crippen LogP contribution in [-0.4, -0.2) is 56.2 Å². The topological polar surface area (TPSA) is 92.0 Å². The Kier molecular flexibility index (Phi) is 7.98. The lowest BCUT2D eigenvalue weighted by Crippen LogP contribution is -2.52. The summed E-state index contributed by atoms with van der Waals surface area (Å²) in [6.45, 7) is 4.79. The molecule has 1 amide bonds. The Balaban J connectivity index is 2.40. The number of aliphatic imine (C=N–C) groups is 1. The molecule has 116 valence electrons. The number of amides is 1. The van der Waals surface area contributed by atoms with Gasteiger partial charge in [-0.25, -0.2) is 5.84 Å². The van der Waals surface area contributed by atoms with Gasteiger partial charge >= 0.3 is 0 Å². The zero-order chi connectivity index (χ0) is 14.8. The van der Waals surface area contributed by atoms with Crippen LogP contribution < -0.4 is 16.6 Å². The maximum Gasteiger partial charge on any atom is 0.244 e. The van der Waals surface area contributed by atoms with E-state index >= 15 is 0 Å². The van der Waals surface area contributed by atoms with Crippen LogP contribution in [0.15, 0.2) is 4.99 Å². The van der Waals surface area contributed by atoms with E-state index in [4.69, 9.17) is 10.6 Å². The summed E-state index contributed by atoms with van der Waals surface area (Å²) >= 11 is 0. The summed E-state index contributed by atoms with van der Waals surface area (Å²) in [5, 5.41) is 3.02. The van der Waals surface area contributed by atoms with E-state index in [1.54, 1.807) is 7.11 Å². The Labute approximate surface area is 120 Å². The zero-order valence-electron chi connectivity index (χ0n) is 12.5. The molecule has 0 aliphatic carbocycles. The number of nitrogens with one attached hydrogen (secondary N) is 2. The number of hydrazine groups is 1. The van der Waals surface area contributed by atoms with E-state index in [1.165, 1.54) is 6.42 Å². The molecule has 1 aliphatic rings. The Bertz CT molecular complexity index is 316. The second kappa shape index (κ2) is 9.55. The van der Waals surface area contributed by atoms with Gasteiger partial charge in [0.15, 0.2) is 0 Å². The van der Waals surface area contributed by atoms with Crippen LogP contribution in [-0.2, 0) is 9.53 Å². The zero-order valence-corrected chi connectivity index (χ0v) is 12.5. The van der Waals surface area contributed by atoms with Gasteiger partial charge in [0.25, 0.3) is 0 Å². The third kappa shape index (κ3) is 5.75. The molecular formula is C13H27N5O2. The minimum atomic E-state index is -0.328. The third-order valence-electron chi connectivity index (χ3n) is 3.30. The van der Waals surface area contributed by atoms with Crippen molar-refractivity contribution in [2.45, 2.75) is 38.6 Å². The van der Waals surface area contributed by atoms with Gasteiger partial charge in [0.1, 0.15) is 6.04 Å². The van der Waals surface area contributed by atoms with Gasteiger partial charge in [0.05, 0.1) is 0 Å². The van der Waals surface area contributed by atoms with Crippen molar-refractivity contribution in [3.63, 3.8) is 0 Å². The summed E-state index contributed by atoms with van der Waals surface area (Å²) < 4.78 is 4.95. The van der Waals surface area contributed by atoms with Crippen molar-refractivity contribution in [2.24, 2.45) is 10.8 Å². The minimum absolute atomic E-state index is 0.101. The number of nitrogens with two attached hydrogens (primary N) is 1. The summed E-state index contributed by atoms with van der Waals surface area (Å²) in [7, 11) is 1.66. The molecule has 0 aromatic rings. The quantitative estimate of drug-likeness (QED) is 0.207. The number of methoxy groups -OCH3 is 1. The molecule has 0 spiro atoms. The summed E-state index contributed by atoms with van der Waals surface area (Å²) in [6.07, 6.45) is 4.21. The smallest absolute Gasteiger partial charge is 0.244 e. The second-order valence-electron chi connectivity index (χ2n) is 4.97. The third-order valence-corrected chi connectivity index (χ3v) is 3.30. The fraction of sp³-hybridized carbons (Fsp3) is 0.846. The van der Waals surface area contributed by atoms with Crippen LogP contribution in [0.1, 0.15) is 32.6 Å². The van der Waals surface area contributed by atoms with Crippen molar-refractivity contribution in [3.8, 4) is 0 Å². The molecule has 1 atom stereocenters. The van der Waals surface area contributed by atoms with Gasteiger partial charge in [0.2, 0.25) is 11.9 Å². The molecule has 1 aliphatic heterocycles. The van der Waals surface area contributed by atoms with Crippen molar-refractivity contribution >= 4 is 11.9 Å². The van der Waals surface area contributed by atoms with Gasteiger partial charge in [-0.3, -0.25) is 15.2 Å². The first-order valence-electron chi connectivity index (χ1n) is 7.24. The van der Waals surface area contributed by atoms with Crippen LogP contribution in [0, 0.1) is 0 Å². The molecule has 1 unspecified atom stereocenters. The molecule has 1 rings (SSSR count). The summed E-state index contributed by atoms with van der Waals surface area (Å²) in [6, 6.07) is -0.328. The molecule has 1 fully saturated rings. The Hall–Kier alpha value is -1.34. The van der Waals surface area contributed by atoms with Gasteiger partial charge in [0, 0.05) is 33.4 Å². The fourth-order valence-corrected chi connectivity index (χ4v) is 2.19. The Morgan fingerprint density at radius 2 is 2.10 bits per heavy atom. The van der Waals surface area contributed by atoms with Crippen LogP contribution in [0.3, 0.4) is 0 Å². The first-order valence-corrected chi connectivity index (χ1v) is 7.24. The van der Waals surface area contributed by atoms with Crippen LogP contribution >= 0.6 is 0 Å². The number of guanidine groups is 1. The number of piperidine rings is 1. The fourth-order valence-electron chi connectivity index (χ4n) is 2.19. The predicted molar refractivity (Wildman–Crippen MR) is 79.1 cm³/mol. The van der Waals surface area contributed by atoms with Gasteiger partial charge in [-0.2, -0.15) is 0 Å². The predicted octanol–water partition coefficient (Wildman–Crippen LogP) is -0.167. The average Bonchev–Trinajstić information content (AvgIpc) is 2.50. The van der Waals surface area contributed by atoms with E-state index in [-0.39, 0.29) is 11.9 Å². The lowest BCUT2D eigenvalue weighted by Gasteiger charge is -2.29. The lowest BCUT2D eigenvalue weighted by atomic mass is 10.1. The summed E-state index contributed by atoms with van der Waals surface area (Å²) in [5.41, 5.74) is 2.50. The standard InChI is InChI=1S/C13H27N5O2/c1-11(12(19)18-8-4-3-5-9-18)16-13(17-14)15-7-6-10-20-2/h11H,3-10,14H2,1-2H3,(H2,15,16,17). The monoisotopic (exact) mass is 285 g/mol. The number of carbonyl (C=O) groups excluding carboxylic acids is 1. The second-order valence-corrected chi connectivity index (χ2v) is 4.97. The number of hydrogen-bond acceptors (Lipinski definition) is 4. The molecule has 0 radical (unpaired) electrons. The lowest BCUT2D eigenvalue weighted by molar-refractivity contribution is -0.133. The highest BCUT2D eigenvalue weighted by Crippen LogP contribution is 2.09. The van der Waals surface area contributed by atoms with Crippen LogP contribution in [0.4, 0.5) is 0 Å². The maximum absolute atomic E-state index is 12.2. The summed E-state index contributed by atoms with van der Waals surface area (Å²) in [4.78, 5) is 18.4. The van der Waals surface area contributed by atoms with Crippen molar-refractivity contribution in [1.82, 2.24) is 15.6 Å². The van der Waals surface area contributed by atoms with E-state index in [0.717, 1.165) is 32.4 Å². The molecule has 0 saturated carbocycles. The van der Waals surface area contributed by atoms with Crippen molar-refractivity contribution in [2.75, 3.05) is 33.4 Å². The number of ether oxygens (including phenoxy) is 1. The first kappa shape index (κ1) is 16.7. The molecule has 0 bridgehead atoms. The van der Waals surface area contributed by atoms with Gasteiger partial charge in [-0.1, -0.05) is 0 Å². The van der Waals surface area contributed by atoms with E-state index in [0.29, 0.717) is 19.1 Å². The number of hydrogen-bond donors (Lipinski definition) is 3. The normalized spacial score (nSPS) is 17.8. The number of nitrogens with zero attached hydrogens (tertiary/aromatic N) is 2. The number of rotatable bonds is 6. The SMILES string of the molecule is COCCCN=C(NN)NC(C)C(=O)N1CCCCC1. The molecule has 7 heteroatoms. The van der Waals surface area contributed by atoms with Gasteiger partial charge in [-0.05, 0) is 32.6 Å². The Morgan fingerprint density at radius 1 is 1.40 bits per heavy atom. The first-order chi connectivity index (χ1) is 9.69. The molecule has 0 aromatic heterocycles. The number of carbonyl (C=O) groups is 1. The van der Waals surface area contributed by atoms with Crippen LogP contribution in [0.2, 0.25) is 0 Å². The highest BCUT2D eigenvalue weighted by atomic mass is 16.5. The maximum atomic E-state index is 12.2. The highest BCUT2D eigenvalue weighted by molar-refractivity contribution is 5.88. The van der Waals surface area contributed by atoms with Crippen molar-refractivity contribution in [1.29, 1.82) is 0 Å². The molecule has 1 saturated heterocycles. The Morgan fingerprint density at radius 3 is 2.70 bits per heavy atom. The number of likely N-dealkylation sites (tertiary alicyclic amines) is 1. The highest BCUT2D eigenvalue weighted by Gasteiger charge is 2.22. The largest absolute Gasteiger partial charge is 0.385 e. The van der Waals surface area contributed by atoms with E-state index in [1.807, 2.05) is 11.8 Å². The summed E-state index contributed by atoms with van der Waals surface area (Å²) in [5.74, 6) is 5.96. The van der Waals surface area contributed by atoms with E-state index < -0.39 is 0 Å². The van der Waals surface area contributed by atoms with Crippen LogP contribution in [0.5, 0.6) is 0 Å². The molecule has 4 N–H and O–H groups in total. The molecule has 0 aromatic carbocycles. The molecule has 20 heavy (non-hydrogen) atoms. The molecular weight excluding hydrogens is 258 g/mol. The van der Waals surface area contributed by atoms with E-state index in [2.05, 4.69) is 15.7 Å². The average molecular weight is 285 g/mol. The van der Waals surface area contributed by atoms with Gasteiger partial charge in [-0.15, -0.1) is 0 Å².